The maximum absolute atomic E-state index is 12.0. The van der Waals surface area contributed by atoms with Gasteiger partial charge in [-0.15, -0.1) is 11.3 Å². The molecule has 0 unspecified atom stereocenters. The van der Waals surface area contributed by atoms with Gasteiger partial charge < -0.3 is 10.1 Å². The summed E-state index contributed by atoms with van der Waals surface area (Å²) in [6.45, 7) is 6.91. The predicted octanol–water partition coefficient (Wildman–Crippen LogP) is 1.56. The second-order valence-electron chi connectivity index (χ2n) is 4.02. The van der Waals surface area contributed by atoms with Crippen molar-refractivity contribution < 1.29 is 13.2 Å². The topological polar surface area (TPSA) is 67.4 Å². The van der Waals surface area contributed by atoms with E-state index in [1.54, 1.807) is 11.4 Å². The molecule has 0 atom stereocenters. The second kappa shape index (κ2) is 8.65. The van der Waals surface area contributed by atoms with E-state index in [-0.39, 0.29) is 0 Å². The van der Waals surface area contributed by atoms with E-state index in [1.165, 1.54) is 11.3 Å². The van der Waals surface area contributed by atoms with Crippen molar-refractivity contribution in [3.05, 3.63) is 16.3 Å². The fraction of sp³-hybridized carbons (Fsp3) is 0.667. The van der Waals surface area contributed by atoms with Crippen LogP contribution in [0.5, 0.6) is 0 Å². The van der Waals surface area contributed by atoms with E-state index >= 15 is 0 Å². The highest BCUT2D eigenvalue weighted by atomic mass is 32.2. The van der Waals surface area contributed by atoms with Crippen LogP contribution in [-0.4, -0.2) is 34.7 Å². The summed E-state index contributed by atoms with van der Waals surface area (Å²) < 4.78 is 31.5. The molecule has 0 bridgehead atoms. The molecule has 0 spiro atoms. The van der Waals surface area contributed by atoms with Gasteiger partial charge in [-0.1, -0.05) is 6.92 Å². The summed E-state index contributed by atoms with van der Waals surface area (Å²) in [6, 6.07) is 1.72. The summed E-state index contributed by atoms with van der Waals surface area (Å²) in [5.74, 6) is 0. The molecule has 0 radical (unpaired) electrons. The van der Waals surface area contributed by atoms with Gasteiger partial charge in [0.2, 0.25) is 10.0 Å². The standard InChI is InChI=1S/C12H22N2O3S2/c1-3-5-13-9-11-8-12(10-18-11)19(15,16)14-6-7-17-4-2/h8,10,13-14H,3-7,9H2,1-2H3. The summed E-state index contributed by atoms with van der Waals surface area (Å²) >= 11 is 1.46. The first-order valence-corrected chi connectivity index (χ1v) is 8.82. The predicted molar refractivity (Wildman–Crippen MR) is 78.0 cm³/mol. The fourth-order valence-electron chi connectivity index (χ4n) is 1.46. The zero-order valence-corrected chi connectivity index (χ0v) is 13.1. The Balaban J connectivity index is 2.49. The number of thiophene rings is 1. The maximum Gasteiger partial charge on any atom is 0.241 e. The van der Waals surface area contributed by atoms with Crippen LogP contribution >= 0.6 is 11.3 Å². The quantitative estimate of drug-likeness (QED) is 0.644. The van der Waals surface area contributed by atoms with E-state index in [0.29, 0.717) is 31.2 Å². The monoisotopic (exact) mass is 306 g/mol. The van der Waals surface area contributed by atoms with Crippen molar-refractivity contribution in [1.29, 1.82) is 0 Å². The summed E-state index contributed by atoms with van der Waals surface area (Å²) in [5, 5.41) is 4.92. The molecule has 0 aromatic carbocycles. The average molecular weight is 306 g/mol. The first kappa shape index (κ1) is 16.6. The zero-order chi connectivity index (χ0) is 14.1. The van der Waals surface area contributed by atoms with Crippen LogP contribution in [0.4, 0.5) is 0 Å². The van der Waals surface area contributed by atoms with Gasteiger partial charge in [0.05, 0.1) is 11.5 Å². The molecule has 0 fully saturated rings. The molecule has 1 heterocycles. The zero-order valence-electron chi connectivity index (χ0n) is 11.4. The SMILES string of the molecule is CCCNCc1cc(S(=O)(=O)NCCOCC)cs1. The van der Waals surface area contributed by atoms with Crippen LogP contribution in [0.2, 0.25) is 0 Å². The van der Waals surface area contributed by atoms with Gasteiger partial charge in [0.25, 0.3) is 0 Å². The van der Waals surface area contributed by atoms with E-state index in [1.807, 2.05) is 6.92 Å². The Kier molecular flexibility index (Phi) is 7.55. The third kappa shape index (κ3) is 6.01. The van der Waals surface area contributed by atoms with Crippen molar-refractivity contribution in [3.8, 4) is 0 Å². The molecular weight excluding hydrogens is 284 g/mol. The first-order valence-electron chi connectivity index (χ1n) is 6.45. The Labute approximate surface area is 119 Å². The number of ether oxygens (including phenoxy) is 1. The van der Waals surface area contributed by atoms with Gasteiger partial charge in [-0.2, -0.15) is 0 Å². The molecule has 0 aliphatic rings. The maximum atomic E-state index is 12.0. The molecular formula is C12H22N2O3S2. The summed E-state index contributed by atoms with van der Waals surface area (Å²) in [6.07, 6.45) is 1.06. The molecule has 5 nitrogen and oxygen atoms in total. The highest BCUT2D eigenvalue weighted by Gasteiger charge is 2.15. The molecule has 7 heteroatoms. The normalized spacial score (nSPS) is 11.9. The Hall–Kier alpha value is -0.470. The number of hydrogen-bond acceptors (Lipinski definition) is 5. The Morgan fingerprint density at radius 1 is 1.32 bits per heavy atom. The van der Waals surface area contributed by atoms with Crippen LogP contribution in [0.1, 0.15) is 25.1 Å². The van der Waals surface area contributed by atoms with Crippen molar-refractivity contribution >= 4 is 21.4 Å². The number of hydrogen-bond donors (Lipinski definition) is 2. The van der Waals surface area contributed by atoms with E-state index in [2.05, 4.69) is 17.0 Å². The average Bonchev–Trinajstić information content (AvgIpc) is 2.85. The van der Waals surface area contributed by atoms with Crippen molar-refractivity contribution in [2.24, 2.45) is 0 Å². The van der Waals surface area contributed by atoms with Gasteiger partial charge >= 0.3 is 0 Å². The minimum Gasteiger partial charge on any atom is -0.380 e. The van der Waals surface area contributed by atoms with E-state index in [9.17, 15) is 8.42 Å². The minimum atomic E-state index is -3.40. The molecule has 0 saturated carbocycles. The lowest BCUT2D eigenvalue weighted by molar-refractivity contribution is 0.153. The van der Waals surface area contributed by atoms with Gasteiger partial charge in [0.1, 0.15) is 0 Å². The molecule has 0 aliphatic heterocycles. The van der Waals surface area contributed by atoms with Crippen LogP contribution in [0.3, 0.4) is 0 Å². The Morgan fingerprint density at radius 2 is 2.11 bits per heavy atom. The number of rotatable bonds is 10. The van der Waals surface area contributed by atoms with Crippen LogP contribution in [0.15, 0.2) is 16.3 Å². The minimum absolute atomic E-state index is 0.301. The lowest BCUT2D eigenvalue weighted by Crippen LogP contribution is -2.27. The van der Waals surface area contributed by atoms with Crippen LogP contribution in [-0.2, 0) is 21.3 Å². The molecule has 1 aromatic rings. The Morgan fingerprint density at radius 3 is 2.79 bits per heavy atom. The van der Waals surface area contributed by atoms with Gasteiger partial charge in [-0.05, 0) is 26.0 Å². The summed E-state index contributed by atoms with van der Waals surface area (Å²) in [5.41, 5.74) is 0. The summed E-state index contributed by atoms with van der Waals surface area (Å²) in [7, 11) is -3.40. The second-order valence-corrected chi connectivity index (χ2v) is 6.78. The Bertz CT molecular complexity index is 457. The molecule has 19 heavy (non-hydrogen) atoms. The van der Waals surface area contributed by atoms with E-state index in [0.717, 1.165) is 17.8 Å². The van der Waals surface area contributed by atoms with E-state index in [4.69, 9.17) is 4.74 Å². The van der Waals surface area contributed by atoms with Crippen molar-refractivity contribution in [2.45, 2.75) is 31.7 Å². The first-order chi connectivity index (χ1) is 9.10. The fourth-order valence-corrected chi connectivity index (χ4v) is 3.72. The molecule has 0 saturated heterocycles. The molecule has 0 amide bonds. The third-order valence-corrected chi connectivity index (χ3v) is 4.94. The highest BCUT2D eigenvalue weighted by Crippen LogP contribution is 2.18. The lowest BCUT2D eigenvalue weighted by Gasteiger charge is -2.04. The summed E-state index contributed by atoms with van der Waals surface area (Å²) in [4.78, 5) is 1.36. The van der Waals surface area contributed by atoms with Gasteiger partial charge in [0, 0.05) is 30.0 Å². The van der Waals surface area contributed by atoms with Gasteiger partial charge in [-0.25, -0.2) is 13.1 Å². The largest absolute Gasteiger partial charge is 0.380 e. The molecule has 2 N–H and O–H groups in total. The molecule has 1 rings (SSSR count). The van der Waals surface area contributed by atoms with Crippen molar-refractivity contribution in [3.63, 3.8) is 0 Å². The lowest BCUT2D eigenvalue weighted by atomic mass is 10.4. The number of sulfonamides is 1. The van der Waals surface area contributed by atoms with Gasteiger partial charge in [-0.3, -0.25) is 0 Å². The molecule has 0 aliphatic carbocycles. The highest BCUT2D eigenvalue weighted by molar-refractivity contribution is 7.89. The van der Waals surface area contributed by atoms with Crippen LogP contribution < -0.4 is 10.0 Å². The van der Waals surface area contributed by atoms with Gasteiger partial charge in [0.15, 0.2) is 0 Å². The van der Waals surface area contributed by atoms with Crippen molar-refractivity contribution in [1.82, 2.24) is 10.0 Å². The molecule has 110 valence electrons. The third-order valence-electron chi connectivity index (χ3n) is 2.41. The van der Waals surface area contributed by atoms with Crippen LogP contribution in [0, 0.1) is 0 Å². The van der Waals surface area contributed by atoms with Crippen molar-refractivity contribution in [2.75, 3.05) is 26.3 Å². The number of nitrogens with one attached hydrogen (secondary N) is 2. The van der Waals surface area contributed by atoms with E-state index < -0.39 is 10.0 Å². The smallest absolute Gasteiger partial charge is 0.241 e. The molecule has 1 aromatic heterocycles. The van der Waals surface area contributed by atoms with Crippen LogP contribution in [0.25, 0.3) is 0 Å².